The summed E-state index contributed by atoms with van der Waals surface area (Å²) in [5, 5.41) is 12.3. The Morgan fingerprint density at radius 3 is 2.43 bits per heavy atom. The van der Waals surface area contributed by atoms with Crippen molar-refractivity contribution in [2.24, 2.45) is 23.7 Å². The highest BCUT2D eigenvalue weighted by Crippen LogP contribution is 2.48. The SMILES string of the molecule is O=C(O)[C@@H]1[C@H](C(=O)NCCc2ccccc2)[C@@H]2C=C[C@H]1C2. The van der Waals surface area contributed by atoms with Crippen LogP contribution < -0.4 is 5.32 Å². The van der Waals surface area contributed by atoms with Gasteiger partial charge in [-0.2, -0.15) is 0 Å². The van der Waals surface area contributed by atoms with Gasteiger partial charge in [-0.3, -0.25) is 9.59 Å². The summed E-state index contributed by atoms with van der Waals surface area (Å²) >= 11 is 0. The fourth-order valence-electron chi connectivity index (χ4n) is 3.61. The van der Waals surface area contributed by atoms with E-state index in [1.807, 2.05) is 42.5 Å². The number of allylic oxidation sites excluding steroid dienone is 2. The maximum Gasteiger partial charge on any atom is 0.307 e. The van der Waals surface area contributed by atoms with E-state index in [0.717, 1.165) is 12.8 Å². The lowest BCUT2D eigenvalue weighted by molar-refractivity contribution is -0.147. The van der Waals surface area contributed by atoms with Crippen LogP contribution in [0.25, 0.3) is 0 Å². The third-order valence-electron chi connectivity index (χ3n) is 4.60. The molecule has 3 rings (SSSR count). The van der Waals surface area contributed by atoms with E-state index < -0.39 is 17.8 Å². The number of rotatable bonds is 5. The number of carbonyl (C=O) groups excluding carboxylic acids is 1. The molecule has 1 aromatic rings. The molecule has 2 N–H and O–H groups in total. The molecule has 1 saturated carbocycles. The number of fused-ring (bicyclic) bond motifs is 2. The number of nitrogens with one attached hydrogen (secondary N) is 1. The van der Waals surface area contributed by atoms with Gasteiger partial charge in [-0.05, 0) is 30.2 Å². The van der Waals surface area contributed by atoms with Crippen LogP contribution in [-0.4, -0.2) is 23.5 Å². The lowest BCUT2D eigenvalue weighted by atomic mass is 9.82. The molecule has 0 aliphatic heterocycles. The van der Waals surface area contributed by atoms with Crippen molar-refractivity contribution in [3.8, 4) is 0 Å². The summed E-state index contributed by atoms with van der Waals surface area (Å²) in [6, 6.07) is 9.94. The minimum Gasteiger partial charge on any atom is -0.481 e. The highest BCUT2D eigenvalue weighted by atomic mass is 16.4. The third kappa shape index (κ3) is 2.71. The summed E-state index contributed by atoms with van der Waals surface area (Å²) in [5.74, 6) is -1.82. The van der Waals surface area contributed by atoms with Crippen molar-refractivity contribution in [3.05, 3.63) is 48.0 Å². The van der Waals surface area contributed by atoms with Gasteiger partial charge in [-0.25, -0.2) is 0 Å². The van der Waals surface area contributed by atoms with E-state index in [1.54, 1.807) is 0 Å². The Balaban J connectivity index is 1.58. The predicted molar refractivity (Wildman–Crippen MR) is 78.5 cm³/mol. The molecule has 0 heterocycles. The maximum atomic E-state index is 12.3. The zero-order valence-electron chi connectivity index (χ0n) is 11.7. The van der Waals surface area contributed by atoms with Gasteiger partial charge in [0, 0.05) is 6.54 Å². The molecule has 1 fully saturated rings. The lowest BCUT2D eigenvalue weighted by Crippen LogP contribution is -2.40. The van der Waals surface area contributed by atoms with Gasteiger partial charge in [0.05, 0.1) is 11.8 Å². The molecule has 0 saturated heterocycles. The molecule has 0 radical (unpaired) electrons. The standard InChI is InChI=1S/C17H19NO3/c19-16(18-9-8-11-4-2-1-3-5-11)14-12-6-7-13(10-12)15(14)17(20)21/h1-7,12-15H,8-10H2,(H,18,19)(H,20,21)/t12-,13+,14-,15+/m1/s1. The van der Waals surface area contributed by atoms with Crippen LogP contribution in [0.4, 0.5) is 0 Å². The molecule has 0 unspecified atom stereocenters. The predicted octanol–water partition coefficient (Wildman–Crippen LogP) is 1.87. The molecule has 2 bridgehead atoms. The number of carboxylic acids is 1. The second-order valence-electron chi connectivity index (χ2n) is 5.86. The van der Waals surface area contributed by atoms with Gasteiger partial charge in [0.15, 0.2) is 0 Å². The quantitative estimate of drug-likeness (QED) is 0.812. The molecule has 1 amide bonds. The zero-order chi connectivity index (χ0) is 14.8. The molecule has 1 aromatic carbocycles. The van der Waals surface area contributed by atoms with Crippen LogP contribution in [-0.2, 0) is 16.0 Å². The first-order valence-corrected chi connectivity index (χ1v) is 7.39. The number of hydrogen-bond acceptors (Lipinski definition) is 2. The second kappa shape index (κ2) is 5.72. The van der Waals surface area contributed by atoms with Crippen LogP contribution in [0.5, 0.6) is 0 Å². The van der Waals surface area contributed by atoms with E-state index >= 15 is 0 Å². The molecule has 21 heavy (non-hydrogen) atoms. The average Bonchev–Trinajstić information content (AvgIpc) is 3.08. The molecule has 2 aliphatic carbocycles. The Morgan fingerprint density at radius 1 is 1.10 bits per heavy atom. The third-order valence-corrected chi connectivity index (χ3v) is 4.60. The number of hydrogen-bond donors (Lipinski definition) is 2. The minimum absolute atomic E-state index is 0.0253. The van der Waals surface area contributed by atoms with Gasteiger partial charge in [-0.1, -0.05) is 42.5 Å². The summed E-state index contributed by atoms with van der Waals surface area (Å²) in [4.78, 5) is 23.7. The molecule has 4 atom stereocenters. The fraction of sp³-hybridized carbons (Fsp3) is 0.412. The smallest absolute Gasteiger partial charge is 0.307 e. The largest absolute Gasteiger partial charge is 0.481 e. The van der Waals surface area contributed by atoms with Gasteiger partial charge in [0.1, 0.15) is 0 Å². The number of amides is 1. The van der Waals surface area contributed by atoms with Gasteiger partial charge in [-0.15, -0.1) is 0 Å². The number of carbonyl (C=O) groups is 2. The summed E-state index contributed by atoms with van der Waals surface area (Å²) < 4.78 is 0. The van der Waals surface area contributed by atoms with Crippen LogP contribution in [0, 0.1) is 23.7 Å². The summed E-state index contributed by atoms with van der Waals surface area (Å²) in [6.45, 7) is 0.548. The van der Waals surface area contributed by atoms with Crippen LogP contribution in [0.3, 0.4) is 0 Å². The van der Waals surface area contributed by atoms with E-state index in [-0.39, 0.29) is 17.7 Å². The Kier molecular flexibility index (Phi) is 3.78. The average molecular weight is 285 g/mol. The monoisotopic (exact) mass is 285 g/mol. The Hall–Kier alpha value is -2.10. The first-order chi connectivity index (χ1) is 10.2. The molecule has 2 aliphatic rings. The minimum atomic E-state index is -0.852. The van der Waals surface area contributed by atoms with E-state index in [9.17, 15) is 14.7 Å². The number of carboxylic acid groups (broad SMARTS) is 1. The van der Waals surface area contributed by atoms with Crippen molar-refractivity contribution < 1.29 is 14.7 Å². The van der Waals surface area contributed by atoms with E-state index in [4.69, 9.17) is 0 Å². The van der Waals surface area contributed by atoms with Crippen LogP contribution in [0.1, 0.15) is 12.0 Å². The lowest BCUT2D eigenvalue weighted by Gasteiger charge is -2.23. The van der Waals surface area contributed by atoms with E-state index in [1.165, 1.54) is 5.56 Å². The molecular weight excluding hydrogens is 266 g/mol. The Bertz CT molecular complexity index is 567. The molecule has 0 spiro atoms. The topological polar surface area (TPSA) is 66.4 Å². The fourth-order valence-corrected chi connectivity index (χ4v) is 3.61. The van der Waals surface area contributed by atoms with Crippen molar-refractivity contribution in [1.82, 2.24) is 5.32 Å². The molecule has 4 nitrogen and oxygen atoms in total. The first kappa shape index (κ1) is 13.9. The van der Waals surface area contributed by atoms with Gasteiger partial charge in [0.25, 0.3) is 0 Å². The summed E-state index contributed by atoms with van der Waals surface area (Å²) in [7, 11) is 0. The van der Waals surface area contributed by atoms with Gasteiger partial charge in [0.2, 0.25) is 5.91 Å². The van der Waals surface area contributed by atoms with Crippen molar-refractivity contribution in [2.75, 3.05) is 6.54 Å². The van der Waals surface area contributed by atoms with Crippen LogP contribution >= 0.6 is 0 Å². The number of benzene rings is 1. The molecule has 4 heteroatoms. The van der Waals surface area contributed by atoms with Gasteiger partial charge < -0.3 is 10.4 Å². The van der Waals surface area contributed by atoms with Crippen LogP contribution in [0.15, 0.2) is 42.5 Å². The highest BCUT2D eigenvalue weighted by molar-refractivity contribution is 5.86. The van der Waals surface area contributed by atoms with E-state index in [0.29, 0.717) is 6.54 Å². The van der Waals surface area contributed by atoms with Gasteiger partial charge >= 0.3 is 5.97 Å². The number of aliphatic carboxylic acids is 1. The first-order valence-electron chi connectivity index (χ1n) is 7.39. The van der Waals surface area contributed by atoms with E-state index in [2.05, 4.69) is 5.32 Å². The maximum absolute atomic E-state index is 12.3. The van der Waals surface area contributed by atoms with Crippen molar-refractivity contribution >= 4 is 11.9 Å². The second-order valence-corrected chi connectivity index (χ2v) is 5.86. The van der Waals surface area contributed by atoms with Crippen molar-refractivity contribution in [1.29, 1.82) is 0 Å². The normalized spacial score (nSPS) is 29.5. The highest BCUT2D eigenvalue weighted by Gasteiger charge is 2.51. The summed E-state index contributed by atoms with van der Waals surface area (Å²) in [5.41, 5.74) is 1.17. The molecule has 110 valence electrons. The summed E-state index contributed by atoms with van der Waals surface area (Å²) in [6.07, 6.45) is 5.53. The Labute approximate surface area is 123 Å². The van der Waals surface area contributed by atoms with Crippen molar-refractivity contribution in [2.45, 2.75) is 12.8 Å². The zero-order valence-corrected chi connectivity index (χ0v) is 11.7. The van der Waals surface area contributed by atoms with Crippen LogP contribution in [0.2, 0.25) is 0 Å². The van der Waals surface area contributed by atoms with Crippen molar-refractivity contribution in [3.63, 3.8) is 0 Å². The molecular formula is C17H19NO3. The Morgan fingerprint density at radius 2 is 1.76 bits per heavy atom. The molecule has 0 aromatic heterocycles.